The number of aliphatic hydroxyl groups is 1. The molecule has 0 spiro atoms. The third-order valence-electron chi connectivity index (χ3n) is 4.21. The van der Waals surface area contributed by atoms with Crippen LogP contribution in [0.4, 0.5) is 13.2 Å². The second-order valence-electron chi connectivity index (χ2n) is 5.80. The highest BCUT2D eigenvalue weighted by atomic mass is 19.4. The third kappa shape index (κ3) is 3.28. The van der Waals surface area contributed by atoms with Crippen LogP contribution in [0.3, 0.4) is 0 Å². The summed E-state index contributed by atoms with van der Waals surface area (Å²) in [4.78, 5) is 13.9. The van der Waals surface area contributed by atoms with Gasteiger partial charge in [-0.1, -0.05) is 36.4 Å². The van der Waals surface area contributed by atoms with E-state index in [1.807, 2.05) is 24.3 Å². The Morgan fingerprint density at radius 2 is 1.79 bits per heavy atom. The van der Waals surface area contributed by atoms with E-state index in [1.165, 1.54) is 17.0 Å². The first kappa shape index (κ1) is 16.5. The minimum atomic E-state index is -4.51. The zero-order valence-corrected chi connectivity index (χ0v) is 12.8. The third-order valence-corrected chi connectivity index (χ3v) is 4.21. The van der Waals surface area contributed by atoms with E-state index < -0.39 is 23.8 Å². The summed E-state index contributed by atoms with van der Waals surface area (Å²) in [6, 6.07) is 11.9. The zero-order valence-electron chi connectivity index (χ0n) is 12.8. The summed E-state index contributed by atoms with van der Waals surface area (Å²) in [5, 5.41) is 10.2. The van der Waals surface area contributed by atoms with Crippen LogP contribution in [0.15, 0.2) is 48.5 Å². The van der Waals surface area contributed by atoms with E-state index in [-0.39, 0.29) is 5.56 Å². The lowest BCUT2D eigenvalue weighted by molar-refractivity contribution is -0.142. The van der Waals surface area contributed by atoms with Gasteiger partial charge in [-0.2, -0.15) is 13.2 Å². The number of carbonyl (C=O) groups excluding carboxylic acids is 1. The molecule has 1 amide bonds. The van der Waals surface area contributed by atoms with Crippen molar-refractivity contribution in [2.75, 3.05) is 6.54 Å². The second-order valence-corrected chi connectivity index (χ2v) is 5.80. The number of benzene rings is 2. The van der Waals surface area contributed by atoms with Crippen LogP contribution >= 0.6 is 0 Å². The molecule has 1 aliphatic heterocycles. The number of carbonyl (C=O) groups is 1. The molecule has 1 atom stereocenters. The topological polar surface area (TPSA) is 40.5 Å². The number of nitrogens with zero attached hydrogens (tertiary/aromatic N) is 1. The molecule has 1 unspecified atom stereocenters. The Balaban J connectivity index is 1.79. The molecular formula is C18H16F3NO2. The summed E-state index contributed by atoms with van der Waals surface area (Å²) in [6.45, 7) is 0.789. The van der Waals surface area contributed by atoms with E-state index in [9.17, 15) is 23.1 Å². The Labute approximate surface area is 137 Å². The molecule has 2 aromatic rings. The smallest absolute Gasteiger partial charge is 0.378 e. The van der Waals surface area contributed by atoms with Gasteiger partial charge in [0.25, 0.3) is 5.91 Å². The van der Waals surface area contributed by atoms with Gasteiger partial charge in [0.2, 0.25) is 0 Å². The molecule has 0 bridgehead atoms. The molecule has 24 heavy (non-hydrogen) atoms. The Kier molecular flexibility index (Phi) is 4.32. The van der Waals surface area contributed by atoms with Crippen LogP contribution < -0.4 is 0 Å². The minimum Gasteiger partial charge on any atom is -0.378 e. The highest BCUT2D eigenvalue weighted by Gasteiger charge is 2.32. The van der Waals surface area contributed by atoms with Crippen molar-refractivity contribution in [1.82, 2.24) is 4.90 Å². The number of alkyl halides is 3. The normalized spacial score (nSPS) is 15.8. The first-order chi connectivity index (χ1) is 11.4. The van der Waals surface area contributed by atoms with Crippen LogP contribution in [0, 0.1) is 0 Å². The van der Waals surface area contributed by atoms with Gasteiger partial charge in [0, 0.05) is 13.1 Å². The van der Waals surface area contributed by atoms with Crippen molar-refractivity contribution in [2.24, 2.45) is 0 Å². The molecule has 0 aromatic heterocycles. The summed E-state index contributed by atoms with van der Waals surface area (Å²) in [5.74, 6) is -0.580. The molecular weight excluding hydrogens is 319 g/mol. The fourth-order valence-corrected chi connectivity index (χ4v) is 2.88. The van der Waals surface area contributed by atoms with Gasteiger partial charge in [-0.25, -0.2) is 0 Å². The van der Waals surface area contributed by atoms with Crippen LogP contribution in [0.5, 0.6) is 0 Å². The second kappa shape index (κ2) is 6.28. The van der Waals surface area contributed by atoms with E-state index in [2.05, 4.69) is 0 Å². The van der Waals surface area contributed by atoms with Crippen LogP contribution in [-0.4, -0.2) is 22.5 Å². The highest BCUT2D eigenvalue weighted by molar-refractivity contribution is 5.82. The largest absolute Gasteiger partial charge is 0.416 e. The molecule has 1 aliphatic rings. The average molecular weight is 335 g/mol. The zero-order chi connectivity index (χ0) is 17.3. The predicted molar refractivity (Wildman–Crippen MR) is 82.0 cm³/mol. The van der Waals surface area contributed by atoms with Crippen molar-refractivity contribution in [3.63, 3.8) is 0 Å². The Morgan fingerprint density at radius 1 is 1.08 bits per heavy atom. The molecule has 0 saturated heterocycles. The Morgan fingerprint density at radius 3 is 2.50 bits per heavy atom. The molecule has 1 heterocycles. The Bertz CT molecular complexity index is 758. The molecule has 3 nitrogen and oxygen atoms in total. The minimum absolute atomic E-state index is 0.0475. The summed E-state index contributed by atoms with van der Waals surface area (Å²) >= 11 is 0. The van der Waals surface area contributed by atoms with Gasteiger partial charge >= 0.3 is 6.18 Å². The van der Waals surface area contributed by atoms with Crippen LogP contribution in [-0.2, 0) is 23.9 Å². The highest BCUT2D eigenvalue weighted by Crippen LogP contribution is 2.31. The van der Waals surface area contributed by atoms with E-state index in [0.717, 1.165) is 23.3 Å². The maximum Gasteiger partial charge on any atom is 0.416 e. The van der Waals surface area contributed by atoms with Crippen molar-refractivity contribution < 1.29 is 23.1 Å². The van der Waals surface area contributed by atoms with Gasteiger partial charge in [0.05, 0.1) is 5.56 Å². The summed E-state index contributed by atoms with van der Waals surface area (Å²) in [5.41, 5.74) is 1.22. The first-order valence-corrected chi connectivity index (χ1v) is 7.57. The number of rotatable bonds is 2. The number of fused-ring (bicyclic) bond motifs is 1. The average Bonchev–Trinajstić information content (AvgIpc) is 2.59. The molecule has 3 rings (SSSR count). The number of amides is 1. The van der Waals surface area contributed by atoms with E-state index >= 15 is 0 Å². The SMILES string of the molecule is O=C(C(O)c1cccc(C(F)(F)F)c1)N1CCc2ccccc2C1. The van der Waals surface area contributed by atoms with Crippen LogP contribution in [0.2, 0.25) is 0 Å². The van der Waals surface area contributed by atoms with E-state index in [0.29, 0.717) is 19.5 Å². The molecule has 6 heteroatoms. The van der Waals surface area contributed by atoms with E-state index in [4.69, 9.17) is 0 Å². The molecule has 2 aromatic carbocycles. The maximum atomic E-state index is 12.8. The van der Waals surface area contributed by atoms with Crippen molar-refractivity contribution >= 4 is 5.91 Å². The molecule has 1 N–H and O–H groups in total. The van der Waals surface area contributed by atoms with Gasteiger partial charge in [-0.05, 0) is 35.2 Å². The number of aliphatic hydroxyl groups excluding tert-OH is 1. The monoisotopic (exact) mass is 335 g/mol. The van der Waals surface area contributed by atoms with Gasteiger partial charge < -0.3 is 10.0 Å². The van der Waals surface area contributed by atoms with Crippen molar-refractivity contribution in [2.45, 2.75) is 25.2 Å². The van der Waals surface area contributed by atoms with Gasteiger partial charge in [-0.3, -0.25) is 4.79 Å². The van der Waals surface area contributed by atoms with Crippen molar-refractivity contribution in [3.8, 4) is 0 Å². The molecule has 0 aliphatic carbocycles. The lowest BCUT2D eigenvalue weighted by Gasteiger charge is -2.30. The maximum absolute atomic E-state index is 12.8. The van der Waals surface area contributed by atoms with Crippen molar-refractivity contribution in [3.05, 3.63) is 70.8 Å². The lowest BCUT2D eigenvalue weighted by Crippen LogP contribution is -2.39. The lowest BCUT2D eigenvalue weighted by atomic mass is 9.98. The molecule has 126 valence electrons. The van der Waals surface area contributed by atoms with Crippen LogP contribution in [0.25, 0.3) is 0 Å². The van der Waals surface area contributed by atoms with E-state index in [1.54, 1.807) is 0 Å². The van der Waals surface area contributed by atoms with Gasteiger partial charge in [-0.15, -0.1) is 0 Å². The fourth-order valence-electron chi connectivity index (χ4n) is 2.88. The molecule has 0 radical (unpaired) electrons. The quantitative estimate of drug-likeness (QED) is 0.915. The summed E-state index contributed by atoms with van der Waals surface area (Å²) < 4.78 is 38.3. The molecule has 0 fully saturated rings. The number of hydrogen-bond acceptors (Lipinski definition) is 2. The number of halogens is 3. The van der Waals surface area contributed by atoms with Crippen molar-refractivity contribution in [1.29, 1.82) is 0 Å². The van der Waals surface area contributed by atoms with Gasteiger partial charge in [0.1, 0.15) is 0 Å². The Hall–Kier alpha value is -2.34. The number of hydrogen-bond donors (Lipinski definition) is 1. The fraction of sp³-hybridized carbons (Fsp3) is 0.278. The first-order valence-electron chi connectivity index (χ1n) is 7.57. The summed E-state index contributed by atoms with van der Waals surface area (Å²) in [7, 11) is 0. The predicted octanol–water partition coefficient (Wildman–Crippen LogP) is 3.32. The molecule has 0 saturated carbocycles. The summed E-state index contributed by atoms with van der Waals surface area (Å²) in [6.07, 6.45) is -5.45. The standard InChI is InChI=1S/C18H16F3NO2/c19-18(20,21)15-7-3-6-13(10-15)16(23)17(24)22-9-8-12-4-1-2-5-14(12)11-22/h1-7,10,16,23H,8-9,11H2. The van der Waals surface area contributed by atoms with Crippen LogP contribution in [0.1, 0.15) is 28.4 Å². The van der Waals surface area contributed by atoms with Gasteiger partial charge in [0.15, 0.2) is 6.10 Å².